The van der Waals surface area contributed by atoms with Gasteiger partial charge in [0.2, 0.25) is 0 Å². The number of carbonyl (C=O) groups is 2. The molecular formula is C9H14O3. The number of ether oxygens (including phenoxy) is 1. The van der Waals surface area contributed by atoms with E-state index < -0.39 is 5.60 Å². The van der Waals surface area contributed by atoms with Gasteiger partial charge in [0.1, 0.15) is 11.9 Å². The molecule has 0 aliphatic rings. The molecule has 0 aromatic rings. The molecule has 0 saturated carbocycles. The van der Waals surface area contributed by atoms with Crippen molar-refractivity contribution in [2.45, 2.75) is 32.3 Å². The minimum atomic E-state index is -0.702. The lowest BCUT2D eigenvalue weighted by Gasteiger charge is -2.24. The smallest absolute Gasteiger partial charge is 0.303 e. The highest BCUT2D eigenvalue weighted by Crippen LogP contribution is 2.18. The van der Waals surface area contributed by atoms with Gasteiger partial charge in [-0.05, 0) is 19.4 Å². The topological polar surface area (TPSA) is 43.4 Å². The lowest BCUT2D eigenvalue weighted by Crippen LogP contribution is -2.28. The van der Waals surface area contributed by atoms with E-state index in [1.165, 1.54) is 13.0 Å². The molecule has 0 aromatic heterocycles. The number of aldehydes is 1. The van der Waals surface area contributed by atoms with Crippen LogP contribution in [-0.4, -0.2) is 17.9 Å². The quantitative estimate of drug-likeness (QED) is 0.356. The van der Waals surface area contributed by atoms with Gasteiger partial charge < -0.3 is 9.53 Å². The number of hydrogen-bond acceptors (Lipinski definition) is 3. The van der Waals surface area contributed by atoms with Crippen LogP contribution in [0, 0.1) is 0 Å². The molecule has 0 unspecified atom stereocenters. The Balaban J connectivity index is 4.12. The number of esters is 1. The Hall–Kier alpha value is -1.12. The van der Waals surface area contributed by atoms with E-state index in [-0.39, 0.29) is 5.97 Å². The van der Waals surface area contributed by atoms with Gasteiger partial charge in [-0.15, -0.1) is 0 Å². The van der Waals surface area contributed by atoms with Gasteiger partial charge in [-0.25, -0.2) is 0 Å². The van der Waals surface area contributed by atoms with Crippen molar-refractivity contribution in [1.82, 2.24) is 0 Å². The van der Waals surface area contributed by atoms with Crippen molar-refractivity contribution in [3.63, 3.8) is 0 Å². The summed E-state index contributed by atoms with van der Waals surface area (Å²) in [5, 5.41) is 0. The van der Waals surface area contributed by atoms with Crippen LogP contribution in [0.25, 0.3) is 0 Å². The molecule has 0 aliphatic carbocycles. The summed E-state index contributed by atoms with van der Waals surface area (Å²) in [6.45, 7) is 6.61. The minimum Gasteiger partial charge on any atom is -0.455 e. The molecule has 0 aromatic carbocycles. The van der Waals surface area contributed by atoms with E-state index in [0.29, 0.717) is 12.8 Å². The van der Waals surface area contributed by atoms with Gasteiger partial charge in [-0.2, -0.15) is 0 Å². The Labute approximate surface area is 72.4 Å². The van der Waals surface area contributed by atoms with Gasteiger partial charge in [0.05, 0.1) is 0 Å². The van der Waals surface area contributed by atoms with Crippen LogP contribution in [0.4, 0.5) is 0 Å². The van der Waals surface area contributed by atoms with Gasteiger partial charge in [-0.3, -0.25) is 4.79 Å². The summed E-state index contributed by atoms with van der Waals surface area (Å²) in [5.41, 5.74) is -0.702. The molecule has 0 saturated heterocycles. The number of carbonyl (C=O) groups excluding carboxylic acids is 2. The van der Waals surface area contributed by atoms with Crippen LogP contribution >= 0.6 is 0 Å². The molecule has 68 valence electrons. The zero-order chi connectivity index (χ0) is 9.61. The summed E-state index contributed by atoms with van der Waals surface area (Å²) in [6.07, 6.45) is 3.19. The summed E-state index contributed by atoms with van der Waals surface area (Å²) in [4.78, 5) is 20.7. The molecule has 0 rings (SSSR count). The predicted molar refractivity (Wildman–Crippen MR) is 45.7 cm³/mol. The first kappa shape index (κ1) is 10.9. The zero-order valence-corrected chi connectivity index (χ0v) is 7.50. The van der Waals surface area contributed by atoms with Crippen molar-refractivity contribution in [2.24, 2.45) is 0 Å². The van der Waals surface area contributed by atoms with E-state index in [1.54, 1.807) is 6.92 Å². The Morgan fingerprint density at radius 1 is 1.67 bits per heavy atom. The largest absolute Gasteiger partial charge is 0.455 e. The second kappa shape index (κ2) is 4.70. The van der Waals surface area contributed by atoms with Crippen LogP contribution in [0.5, 0.6) is 0 Å². The van der Waals surface area contributed by atoms with Crippen molar-refractivity contribution < 1.29 is 14.3 Å². The molecule has 0 radical (unpaired) electrons. The van der Waals surface area contributed by atoms with Crippen molar-refractivity contribution in [1.29, 1.82) is 0 Å². The highest BCUT2D eigenvalue weighted by atomic mass is 16.6. The van der Waals surface area contributed by atoms with Crippen LogP contribution in [-0.2, 0) is 14.3 Å². The fourth-order valence-corrected chi connectivity index (χ4v) is 0.869. The summed E-state index contributed by atoms with van der Waals surface area (Å²) in [6, 6.07) is 0. The summed E-state index contributed by atoms with van der Waals surface area (Å²) < 4.78 is 4.97. The first-order chi connectivity index (χ1) is 5.54. The van der Waals surface area contributed by atoms with Gasteiger partial charge in [0.15, 0.2) is 0 Å². The van der Waals surface area contributed by atoms with Crippen LogP contribution < -0.4 is 0 Å². The predicted octanol–water partition coefficient (Wildman–Crippen LogP) is 1.47. The first-order valence-electron chi connectivity index (χ1n) is 3.81. The van der Waals surface area contributed by atoms with Crippen LogP contribution in [0.3, 0.4) is 0 Å². The van der Waals surface area contributed by atoms with Crippen LogP contribution in [0.15, 0.2) is 12.7 Å². The molecule has 0 spiro atoms. The third-order valence-corrected chi connectivity index (χ3v) is 1.57. The van der Waals surface area contributed by atoms with E-state index in [4.69, 9.17) is 4.74 Å². The summed E-state index contributed by atoms with van der Waals surface area (Å²) in [7, 11) is 0. The molecule has 0 aliphatic heterocycles. The molecule has 3 heteroatoms. The lowest BCUT2D eigenvalue weighted by atomic mass is 10.0. The second-order valence-electron chi connectivity index (χ2n) is 2.82. The maximum atomic E-state index is 10.6. The second-order valence-corrected chi connectivity index (χ2v) is 2.82. The highest BCUT2D eigenvalue weighted by molar-refractivity contribution is 5.66. The van der Waals surface area contributed by atoms with Gasteiger partial charge in [-0.1, -0.05) is 6.58 Å². The SMILES string of the molecule is C=C[C@@](C)(CCC=O)OC(C)=O. The summed E-state index contributed by atoms with van der Waals surface area (Å²) >= 11 is 0. The fraction of sp³-hybridized carbons (Fsp3) is 0.556. The van der Waals surface area contributed by atoms with E-state index in [9.17, 15) is 9.59 Å². The van der Waals surface area contributed by atoms with Gasteiger partial charge in [0, 0.05) is 13.3 Å². The third-order valence-electron chi connectivity index (χ3n) is 1.57. The maximum absolute atomic E-state index is 10.6. The number of rotatable bonds is 5. The minimum absolute atomic E-state index is 0.358. The van der Waals surface area contributed by atoms with Crippen LogP contribution in [0.1, 0.15) is 26.7 Å². The average Bonchev–Trinajstić information content (AvgIpc) is 2.00. The lowest BCUT2D eigenvalue weighted by molar-refractivity contribution is -0.151. The van der Waals surface area contributed by atoms with Crippen molar-refractivity contribution >= 4 is 12.3 Å². The molecule has 3 nitrogen and oxygen atoms in total. The molecule has 0 fully saturated rings. The Morgan fingerprint density at radius 2 is 2.25 bits per heavy atom. The standard InChI is InChI=1S/C9H14O3/c1-4-9(3,6-5-7-10)12-8(2)11/h4,7H,1,5-6H2,2-3H3/t9-/m0/s1. The van der Waals surface area contributed by atoms with E-state index in [1.807, 2.05) is 0 Å². The fourth-order valence-electron chi connectivity index (χ4n) is 0.869. The molecular weight excluding hydrogens is 156 g/mol. The zero-order valence-electron chi connectivity index (χ0n) is 7.50. The number of hydrogen-bond donors (Lipinski definition) is 0. The van der Waals surface area contributed by atoms with Crippen LogP contribution in [0.2, 0.25) is 0 Å². The third kappa shape index (κ3) is 3.91. The molecule has 0 N–H and O–H groups in total. The highest BCUT2D eigenvalue weighted by Gasteiger charge is 2.22. The van der Waals surface area contributed by atoms with E-state index in [0.717, 1.165) is 6.29 Å². The molecule has 0 bridgehead atoms. The van der Waals surface area contributed by atoms with E-state index >= 15 is 0 Å². The summed E-state index contributed by atoms with van der Waals surface area (Å²) in [5.74, 6) is -0.358. The first-order valence-corrected chi connectivity index (χ1v) is 3.81. The van der Waals surface area contributed by atoms with Crippen molar-refractivity contribution in [2.75, 3.05) is 0 Å². The maximum Gasteiger partial charge on any atom is 0.303 e. The van der Waals surface area contributed by atoms with Crippen molar-refractivity contribution in [3.05, 3.63) is 12.7 Å². The average molecular weight is 170 g/mol. The molecule has 0 heterocycles. The van der Waals surface area contributed by atoms with Gasteiger partial charge in [0.25, 0.3) is 0 Å². The monoisotopic (exact) mass is 170 g/mol. The molecule has 1 atom stereocenters. The normalized spacial score (nSPS) is 14.5. The van der Waals surface area contributed by atoms with E-state index in [2.05, 4.69) is 6.58 Å². The molecule has 12 heavy (non-hydrogen) atoms. The Morgan fingerprint density at radius 3 is 2.58 bits per heavy atom. The van der Waals surface area contributed by atoms with Crippen molar-refractivity contribution in [3.8, 4) is 0 Å². The molecule has 0 amide bonds. The Kier molecular flexibility index (Phi) is 4.26. The van der Waals surface area contributed by atoms with Gasteiger partial charge >= 0.3 is 5.97 Å². The Bertz CT molecular complexity index is 186.